The molecular weight excluding hydrogens is 278 g/mol. The van der Waals surface area contributed by atoms with Crippen molar-refractivity contribution in [3.63, 3.8) is 0 Å². The molecule has 2 heterocycles. The third-order valence-corrected chi connectivity index (χ3v) is 4.37. The summed E-state index contributed by atoms with van der Waals surface area (Å²) in [6, 6.07) is 8.29. The molecule has 5 heteroatoms. The number of aryl methyl sites for hydroxylation is 1. The van der Waals surface area contributed by atoms with Gasteiger partial charge in [0.15, 0.2) is 0 Å². The number of methoxy groups -OCH3 is 1. The number of hydrogen-bond donors (Lipinski definition) is 2. The van der Waals surface area contributed by atoms with E-state index in [1.54, 1.807) is 7.11 Å². The van der Waals surface area contributed by atoms with Crippen LogP contribution in [0.5, 0.6) is 0 Å². The summed E-state index contributed by atoms with van der Waals surface area (Å²) in [5, 5.41) is 7.49. The van der Waals surface area contributed by atoms with Crippen LogP contribution in [0.4, 0.5) is 0 Å². The summed E-state index contributed by atoms with van der Waals surface area (Å²) in [6.45, 7) is 4.57. The van der Waals surface area contributed by atoms with Crippen molar-refractivity contribution in [3.8, 4) is 0 Å². The molecule has 2 N–H and O–H groups in total. The maximum atomic E-state index is 12.4. The summed E-state index contributed by atoms with van der Waals surface area (Å²) < 4.78 is 7.57. The fraction of sp³-hybridized carbons (Fsp3) is 0.471. The minimum atomic E-state index is 0.0507. The molecule has 118 valence electrons. The second-order valence-corrected chi connectivity index (χ2v) is 5.74. The molecule has 1 amide bonds. The van der Waals surface area contributed by atoms with Crippen molar-refractivity contribution < 1.29 is 9.53 Å². The zero-order chi connectivity index (χ0) is 15.5. The molecule has 0 saturated carbocycles. The molecule has 1 aromatic heterocycles. The van der Waals surface area contributed by atoms with E-state index in [-0.39, 0.29) is 18.1 Å². The Balaban J connectivity index is 1.74. The first kappa shape index (κ1) is 15.1. The molecule has 0 aliphatic carbocycles. The average Bonchev–Trinajstić information content (AvgIpc) is 3.12. The van der Waals surface area contributed by atoms with Crippen molar-refractivity contribution in [1.82, 2.24) is 15.2 Å². The number of carbonyl (C=O) groups excluding carboxylic acids is 1. The van der Waals surface area contributed by atoms with E-state index in [1.165, 1.54) is 5.52 Å². The Morgan fingerprint density at radius 1 is 1.41 bits per heavy atom. The molecule has 0 bridgehead atoms. The van der Waals surface area contributed by atoms with Gasteiger partial charge in [-0.3, -0.25) is 4.79 Å². The number of fused-ring (bicyclic) bond motifs is 1. The van der Waals surface area contributed by atoms with E-state index in [4.69, 9.17) is 4.74 Å². The molecule has 2 atom stereocenters. The van der Waals surface area contributed by atoms with Crippen LogP contribution in [0.25, 0.3) is 10.9 Å². The second-order valence-electron chi connectivity index (χ2n) is 5.74. The van der Waals surface area contributed by atoms with Crippen LogP contribution >= 0.6 is 0 Å². The van der Waals surface area contributed by atoms with E-state index in [0.717, 1.165) is 30.6 Å². The lowest BCUT2D eigenvalue weighted by Crippen LogP contribution is -2.44. The molecule has 3 rings (SSSR count). The van der Waals surface area contributed by atoms with Crippen LogP contribution in [0.1, 0.15) is 12.5 Å². The highest BCUT2D eigenvalue weighted by atomic mass is 16.5. The molecule has 22 heavy (non-hydrogen) atoms. The van der Waals surface area contributed by atoms with E-state index in [2.05, 4.69) is 40.5 Å². The first-order chi connectivity index (χ1) is 10.7. The lowest BCUT2D eigenvalue weighted by molar-refractivity contribution is -0.121. The van der Waals surface area contributed by atoms with Crippen molar-refractivity contribution in [3.05, 3.63) is 36.0 Å². The van der Waals surface area contributed by atoms with Gasteiger partial charge >= 0.3 is 0 Å². The zero-order valence-electron chi connectivity index (χ0n) is 13.1. The standard InChI is InChI=1S/C17H23N3O2/c1-3-20-11-12(13-6-4-5-7-15(13)20)8-17(21)19-14-9-18-10-16(14)22-2/h4-7,11,14,16,18H,3,8-10H2,1-2H3,(H,19,21)/t14?,16-/m0/s1. The highest BCUT2D eigenvalue weighted by Gasteiger charge is 2.28. The number of nitrogens with one attached hydrogen (secondary N) is 2. The molecule has 1 aliphatic heterocycles. The van der Waals surface area contributed by atoms with Gasteiger partial charge in [-0.15, -0.1) is 0 Å². The summed E-state index contributed by atoms with van der Waals surface area (Å²) >= 11 is 0. The quantitative estimate of drug-likeness (QED) is 0.875. The Morgan fingerprint density at radius 3 is 3.00 bits per heavy atom. The molecule has 5 nitrogen and oxygen atoms in total. The van der Waals surface area contributed by atoms with Gasteiger partial charge in [0.1, 0.15) is 0 Å². The summed E-state index contributed by atoms with van der Waals surface area (Å²) in [5.74, 6) is 0.0507. The largest absolute Gasteiger partial charge is 0.378 e. The Labute approximate surface area is 130 Å². The van der Waals surface area contributed by atoms with Crippen molar-refractivity contribution in [2.45, 2.75) is 32.0 Å². The van der Waals surface area contributed by atoms with Gasteiger partial charge in [-0.1, -0.05) is 18.2 Å². The van der Waals surface area contributed by atoms with Crippen molar-refractivity contribution >= 4 is 16.8 Å². The smallest absolute Gasteiger partial charge is 0.224 e. The fourth-order valence-corrected chi connectivity index (χ4v) is 3.20. The number of para-hydroxylation sites is 1. The molecule has 1 saturated heterocycles. The van der Waals surface area contributed by atoms with Crippen LogP contribution in [-0.4, -0.2) is 42.8 Å². The van der Waals surface area contributed by atoms with Gasteiger partial charge in [0, 0.05) is 43.8 Å². The Hall–Kier alpha value is -1.85. The first-order valence-corrected chi connectivity index (χ1v) is 7.82. The monoisotopic (exact) mass is 301 g/mol. The Bertz CT molecular complexity index is 665. The number of ether oxygens (including phenoxy) is 1. The SMILES string of the molecule is CCn1cc(CC(=O)NC2CNC[C@@H]2OC)c2ccccc21. The van der Waals surface area contributed by atoms with Crippen LogP contribution in [0.15, 0.2) is 30.5 Å². The molecule has 1 fully saturated rings. The Kier molecular flexibility index (Phi) is 4.45. The third-order valence-electron chi connectivity index (χ3n) is 4.37. The highest BCUT2D eigenvalue weighted by Crippen LogP contribution is 2.21. The minimum Gasteiger partial charge on any atom is -0.378 e. The fourth-order valence-electron chi connectivity index (χ4n) is 3.20. The van der Waals surface area contributed by atoms with Gasteiger partial charge in [0.2, 0.25) is 5.91 Å². The Morgan fingerprint density at radius 2 is 2.23 bits per heavy atom. The van der Waals surface area contributed by atoms with Gasteiger partial charge < -0.3 is 19.9 Å². The van der Waals surface area contributed by atoms with Crippen LogP contribution in [0.3, 0.4) is 0 Å². The second kappa shape index (κ2) is 6.50. The highest BCUT2D eigenvalue weighted by molar-refractivity contribution is 5.89. The molecule has 0 spiro atoms. The topological polar surface area (TPSA) is 55.3 Å². The lowest BCUT2D eigenvalue weighted by Gasteiger charge is -2.18. The van der Waals surface area contributed by atoms with Gasteiger partial charge in [-0.25, -0.2) is 0 Å². The minimum absolute atomic E-state index is 0.0507. The van der Waals surface area contributed by atoms with E-state index in [9.17, 15) is 4.79 Å². The van der Waals surface area contributed by atoms with Crippen molar-refractivity contribution in [2.24, 2.45) is 0 Å². The maximum Gasteiger partial charge on any atom is 0.224 e. The summed E-state index contributed by atoms with van der Waals surface area (Å²) in [4.78, 5) is 12.4. The summed E-state index contributed by atoms with van der Waals surface area (Å²) in [5.41, 5.74) is 2.26. The molecule has 1 aromatic carbocycles. The third kappa shape index (κ3) is 2.87. The lowest BCUT2D eigenvalue weighted by atomic mass is 10.1. The van der Waals surface area contributed by atoms with E-state index >= 15 is 0 Å². The molecular formula is C17H23N3O2. The number of benzene rings is 1. The number of amides is 1. The van der Waals surface area contributed by atoms with Crippen LogP contribution < -0.4 is 10.6 Å². The first-order valence-electron chi connectivity index (χ1n) is 7.82. The normalized spacial score (nSPS) is 21.4. The summed E-state index contributed by atoms with van der Waals surface area (Å²) in [6.07, 6.45) is 2.55. The molecule has 1 unspecified atom stereocenters. The number of hydrogen-bond acceptors (Lipinski definition) is 3. The maximum absolute atomic E-state index is 12.4. The van der Waals surface area contributed by atoms with Crippen LogP contribution in [0, 0.1) is 0 Å². The number of aromatic nitrogens is 1. The number of carbonyl (C=O) groups is 1. The average molecular weight is 301 g/mol. The molecule has 2 aromatic rings. The van der Waals surface area contributed by atoms with Crippen LogP contribution in [0.2, 0.25) is 0 Å². The van der Waals surface area contributed by atoms with Gasteiger partial charge in [-0.2, -0.15) is 0 Å². The van der Waals surface area contributed by atoms with Crippen LogP contribution in [-0.2, 0) is 22.5 Å². The van der Waals surface area contributed by atoms with E-state index < -0.39 is 0 Å². The predicted molar refractivity (Wildman–Crippen MR) is 86.9 cm³/mol. The van der Waals surface area contributed by atoms with Crippen molar-refractivity contribution in [1.29, 1.82) is 0 Å². The van der Waals surface area contributed by atoms with Gasteiger partial charge in [0.05, 0.1) is 18.6 Å². The van der Waals surface area contributed by atoms with E-state index in [0.29, 0.717) is 6.42 Å². The summed E-state index contributed by atoms with van der Waals surface area (Å²) in [7, 11) is 1.69. The number of nitrogens with zero attached hydrogens (tertiary/aromatic N) is 1. The predicted octanol–water partition coefficient (Wildman–Crippen LogP) is 1.31. The van der Waals surface area contributed by atoms with Gasteiger partial charge in [0.25, 0.3) is 0 Å². The van der Waals surface area contributed by atoms with E-state index in [1.807, 2.05) is 12.1 Å². The number of rotatable bonds is 5. The molecule has 1 aliphatic rings. The molecule has 0 radical (unpaired) electrons. The van der Waals surface area contributed by atoms with Gasteiger partial charge in [-0.05, 0) is 18.6 Å². The van der Waals surface area contributed by atoms with Crippen molar-refractivity contribution in [2.75, 3.05) is 20.2 Å². The zero-order valence-corrected chi connectivity index (χ0v) is 13.1.